The van der Waals surface area contributed by atoms with Crippen molar-refractivity contribution < 1.29 is 0 Å². The van der Waals surface area contributed by atoms with Crippen LogP contribution in [0, 0.1) is 6.92 Å². The molecule has 0 aliphatic heterocycles. The molecule has 0 atom stereocenters. The Bertz CT molecular complexity index is 222. The highest BCUT2D eigenvalue weighted by Gasteiger charge is 2.00. The minimum atomic E-state index is 0.920. The topological polar surface area (TPSA) is 37.8 Å². The Morgan fingerprint density at radius 1 is 1.50 bits per heavy atom. The minimum Gasteiger partial charge on any atom is -0.312 e. The number of unbranched alkanes of at least 4 members (excludes halogenated alkanes) is 1. The Balaban J connectivity index is 2.20. The van der Waals surface area contributed by atoms with E-state index in [1.165, 1.54) is 29.3 Å². The fraction of sp³-hybridized carbons (Fsp3) is 0.750. The van der Waals surface area contributed by atoms with Crippen LogP contribution < -0.4 is 5.32 Å². The van der Waals surface area contributed by atoms with Crippen LogP contribution in [0.5, 0.6) is 0 Å². The van der Waals surface area contributed by atoms with E-state index >= 15 is 0 Å². The standard InChI is InChI=1S/C8H15N3S/c1-3-4-5-9-6-8-7(2)10-11-12-8/h9H,3-6H2,1-2H3. The molecule has 1 rings (SSSR count). The average molecular weight is 185 g/mol. The predicted molar refractivity (Wildman–Crippen MR) is 51.3 cm³/mol. The number of rotatable bonds is 5. The molecule has 0 amide bonds. The number of hydrogen-bond donors (Lipinski definition) is 1. The van der Waals surface area contributed by atoms with E-state index in [4.69, 9.17) is 0 Å². The molecule has 0 saturated heterocycles. The zero-order valence-electron chi connectivity index (χ0n) is 7.63. The molecule has 0 radical (unpaired) electrons. The molecule has 1 aromatic heterocycles. The summed E-state index contributed by atoms with van der Waals surface area (Å²) in [5, 5.41) is 7.30. The van der Waals surface area contributed by atoms with Crippen molar-refractivity contribution in [3.8, 4) is 0 Å². The number of nitrogens with zero attached hydrogens (tertiary/aromatic N) is 2. The van der Waals surface area contributed by atoms with Gasteiger partial charge in [-0.2, -0.15) is 0 Å². The summed E-state index contributed by atoms with van der Waals surface area (Å²) in [7, 11) is 0. The van der Waals surface area contributed by atoms with Gasteiger partial charge in [0.1, 0.15) is 0 Å². The molecular weight excluding hydrogens is 170 g/mol. The Hall–Kier alpha value is -0.480. The highest BCUT2D eigenvalue weighted by atomic mass is 32.1. The van der Waals surface area contributed by atoms with E-state index in [2.05, 4.69) is 21.8 Å². The second-order valence-corrected chi connectivity index (χ2v) is 3.65. The van der Waals surface area contributed by atoms with Gasteiger partial charge in [0.2, 0.25) is 0 Å². The predicted octanol–water partition coefficient (Wildman–Crippen LogP) is 1.74. The van der Waals surface area contributed by atoms with Crippen LogP contribution in [0.1, 0.15) is 30.3 Å². The quantitative estimate of drug-likeness (QED) is 0.710. The first-order valence-corrected chi connectivity index (χ1v) is 5.10. The van der Waals surface area contributed by atoms with Crippen LogP contribution in [0.3, 0.4) is 0 Å². The minimum absolute atomic E-state index is 0.920. The smallest absolute Gasteiger partial charge is 0.0769 e. The van der Waals surface area contributed by atoms with Crippen molar-refractivity contribution >= 4 is 11.5 Å². The summed E-state index contributed by atoms with van der Waals surface area (Å²) in [5.41, 5.74) is 1.06. The number of nitrogens with one attached hydrogen (secondary N) is 1. The van der Waals surface area contributed by atoms with E-state index in [9.17, 15) is 0 Å². The summed E-state index contributed by atoms with van der Waals surface area (Å²) < 4.78 is 3.87. The maximum absolute atomic E-state index is 3.94. The number of aryl methyl sites for hydroxylation is 1. The van der Waals surface area contributed by atoms with E-state index in [1.807, 2.05) is 6.92 Å². The van der Waals surface area contributed by atoms with Crippen molar-refractivity contribution in [2.24, 2.45) is 0 Å². The van der Waals surface area contributed by atoms with Gasteiger partial charge >= 0.3 is 0 Å². The van der Waals surface area contributed by atoms with Gasteiger partial charge in [-0.3, -0.25) is 0 Å². The van der Waals surface area contributed by atoms with Crippen LogP contribution in [0.15, 0.2) is 0 Å². The molecule has 0 saturated carbocycles. The summed E-state index contributed by atoms with van der Waals surface area (Å²) in [4.78, 5) is 1.26. The first-order chi connectivity index (χ1) is 5.84. The van der Waals surface area contributed by atoms with E-state index in [0.717, 1.165) is 18.8 Å². The highest BCUT2D eigenvalue weighted by molar-refractivity contribution is 7.05. The van der Waals surface area contributed by atoms with Crippen molar-refractivity contribution in [1.82, 2.24) is 14.9 Å². The lowest BCUT2D eigenvalue weighted by Gasteiger charge is -2.00. The second-order valence-electron chi connectivity index (χ2n) is 2.81. The maximum atomic E-state index is 3.94. The Morgan fingerprint density at radius 2 is 2.33 bits per heavy atom. The Labute approximate surface area is 77.4 Å². The van der Waals surface area contributed by atoms with Gasteiger partial charge in [0, 0.05) is 6.54 Å². The van der Waals surface area contributed by atoms with Crippen LogP contribution in [-0.2, 0) is 6.54 Å². The van der Waals surface area contributed by atoms with Crippen molar-refractivity contribution in [2.45, 2.75) is 33.2 Å². The van der Waals surface area contributed by atoms with E-state index in [0.29, 0.717) is 0 Å². The zero-order valence-corrected chi connectivity index (χ0v) is 8.45. The molecule has 4 heteroatoms. The van der Waals surface area contributed by atoms with Crippen molar-refractivity contribution in [1.29, 1.82) is 0 Å². The van der Waals surface area contributed by atoms with Gasteiger partial charge in [-0.1, -0.05) is 17.8 Å². The first-order valence-electron chi connectivity index (χ1n) is 4.33. The van der Waals surface area contributed by atoms with Crippen LogP contribution in [-0.4, -0.2) is 16.1 Å². The van der Waals surface area contributed by atoms with Crippen LogP contribution in [0.4, 0.5) is 0 Å². The van der Waals surface area contributed by atoms with Crippen molar-refractivity contribution in [3.63, 3.8) is 0 Å². The molecular formula is C8H15N3S. The molecule has 1 heterocycles. The Morgan fingerprint density at radius 3 is 2.92 bits per heavy atom. The molecule has 3 nitrogen and oxygen atoms in total. The lowest BCUT2D eigenvalue weighted by Crippen LogP contribution is -2.14. The monoisotopic (exact) mass is 185 g/mol. The Kier molecular flexibility index (Phi) is 4.18. The lowest BCUT2D eigenvalue weighted by molar-refractivity contribution is 0.644. The fourth-order valence-electron chi connectivity index (χ4n) is 0.917. The molecule has 0 spiro atoms. The lowest BCUT2D eigenvalue weighted by atomic mass is 10.3. The van der Waals surface area contributed by atoms with Gasteiger partial charge in [0.25, 0.3) is 0 Å². The third kappa shape index (κ3) is 2.87. The van der Waals surface area contributed by atoms with E-state index in [-0.39, 0.29) is 0 Å². The normalized spacial score (nSPS) is 10.5. The SMILES string of the molecule is CCCCNCc1snnc1C. The molecule has 0 unspecified atom stereocenters. The summed E-state index contributed by atoms with van der Waals surface area (Å²) in [6.45, 7) is 6.21. The number of aromatic nitrogens is 2. The first kappa shape index (κ1) is 9.61. The van der Waals surface area contributed by atoms with E-state index in [1.54, 1.807) is 0 Å². The van der Waals surface area contributed by atoms with Crippen molar-refractivity contribution in [2.75, 3.05) is 6.54 Å². The van der Waals surface area contributed by atoms with Crippen LogP contribution >= 0.6 is 11.5 Å². The third-order valence-corrected chi connectivity index (χ3v) is 2.56. The molecule has 68 valence electrons. The van der Waals surface area contributed by atoms with Gasteiger partial charge in [0.05, 0.1) is 10.6 Å². The van der Waals surface area contributed by atoms with Crippen molar-refractivity contribution in [3.05, 3.63) is 10.6 Å². The maximum Gasteiger partial charge on any atom is 0.0769 e. The molecule has 0 aromatic carbocycles. The molecule has 12 heavy (non-hydrogen) atoms. The molecule has 0 aliphatic carbocycles. The van der Waals surface area contributed by atoms with Gasteiger partial charge < -0.3 is 5.32 Å². The molecule has 0 aliphatic rings. The molecule has 1 aromatic rings. The summed E-state index contributed by atoms with van der Waals surface area (Å²) in [6.07, 6.45) is 2.48. The fourth-order valence-corrected chi connectivity index (χ4v) is 1.52. The molecule has 0 fully saturated rings. The van der Waals surface area contributed by atoms with Gasteiger partial charge in [0.15, 0.2) is 0 Å². The summed E-state index contributed by atoms with van der Waals surface area (Å²) in [6, 6.07) is 0. The molecule has 0 bridgehead atoms. The van der Waals surface area contributed by atoms with Crippen LogP contribution in [0.25, 0.3) is 0 Å². The average Bonchev–Trinajstić information content (AvgIpc) is 2.46. The van der Waals surface area contributed by atoms with Gasteiger partial charge in [-0.05, 0) is 31.4 Å². The van der Waals surface area contributed by atoms with Gasteiger partial charge in [-0.15, -0.1) is 5.10 Å². The summed E-state index contributed by atoms with van der Waals surface area (Å²) in [5.74, 6) is 0. The largest absolute Gasteiger partial charge is 0.312 e. The zero-order chi connectivity index (χ0) is 8.81. The van der Waals surface area contributed by atoms with E-state index < -0.39 is 0 Å². The summed E-state index contributed by atoms with van der Waals surface area (Å²) >= 11 is 1.48. The highest BCUT2D eigenvalue weighted by Crippen LogP contribution is 2.07. The number of hydrogen-bond acceptors (Lipinski definition) is 4. The van der Waals surface area contributed by atoms with Crippen LogP contribution in [0.2, 0.25) is 0 Å². The van der Waals surface area contributed by atoms with Gasteiger partial charge in [-0.25, -0.2) is 0 Å². The third-order valence-electron chi connectivity index (χ3n) is 1.74. The molecule has 1 N–H and O–H groups in total. The second kappa shape index (κ2) is 5.22.